The van der Waals surface area contributed by atoms with Gasteiger partial charge in [-0.25, -0.2) is 0 Å². The number of nitrogens with zero attached hydrogens (tertiary/aromatic N) is 2. The van der Waals surface area contributed by atoms with Crippen molar-refractivity contribution in [2.75, 3.05) is 6.54 Å². The number of rotatable bonds is 5. The van der Waals surface area contributed by atoms with Crippen LogP contribution < -0.4 is 11.1 Å². The van der Waals surface area contributed by atoms with Gasteiger partial charge in [0, 0.05) is 18.3 Å². The molecule has 1 atom stereocenters. The minimum absolute atomic E-state index is 0.00852. The van der Waals surface area contributed by atoms with E-state index in [2.05, 4.69) is 24.3 Å². The van der Waals surface area contributed by atoms with Crippen molar-refractivity contribution in [1.82, 2.24) is 15.1 Å². The van der Waals surface area contributed by atoms with E-state index in [4.69, 9.17) is 5.73 Å². The monoisotopic (exact) mass is 292 g/mol. The van der Waals surface area contributed by atoms with Gasteiger partial charge < -0.3 is 11.1 Å². The highest BCUT2D eigenvalue weighted by atomic mass is 16.1. The van der Waals surface area contributed by atoms with E-state index >= 15 is 0 Å². The molecule has 5 heteroatoms. The summed E-state index contributed by atoms with van der Waals surface area (Å²) in [5, 5.41) is 7.48. The molecule has 1 heterocycles. The average molecular weight is 292 g/mol. The molecule has 0 spiro atoms. The van der Waals surface area contributed by atoms with Gasteiger partial charge in [-0.05, 0) is 44.6 Å². The second-order valence-electron chi connectivity index (χ2n) is 6.94. The third-order valence-corrected chi connectivity index (χ3v) is 4.46. The summed E-state index contributed by atoms with van der Waals surface area (Å²) in [7, 11) is 0. The third-order valence-electron chi connectivity index (χ3n) is 4.46. The van der Waals surface area contributed by atoms with E-state index in [9.17, 15) is 4.79 Å². The van der Waals surface area contributed by atoms with Gasteiger partial charge >= 0.3 is 0 Å². The lowest BCUT2D eigenvalue weighted by molar-refractivity contribution is 0.0902. The van der Waals surface area contributed by atoms with Crippen molar-refractivity contribution in [2.45, 2.75) is 65.5 Å². The molecule has 1 unspecified atom stereocenters. The summed E-state index contributed by atoms with van der Waals surface area (Å²) in [4.78, 5) is 12.4. The van der Waals surface area contributed by atoms with Gasteiger partial charge in [0.15, 0.2) is 0 Å². The zero-order valence-electron chi connectivity index (χ0n) is 13.5. The molecule has 118 valence electrons. The topological polar surface area (TPSA) is 72.9 Å². The van der Waals surface area contributed by atoms with E-state index < -0.39 is 0 Å². The Morgan fingerprint density at radius 2 is 2.33 bits per heavy atom. The standard InChI is InChI=1S/C16H28N4O/c1-12-14(11-18-20(12)9-5-8-17)15(21)19-13-6-4-7-16(2,3)10-13/h11,13H,4-10,17H2,1-3H3,(H,19,21). The highest BCUT2D eigenvalue weighted by Gasteiger charge is 2.29. The number of hydrogen-bond acceptors (Lipinski definition) is 3. The normalized spacial score (nSPS) is 21.2. The van der Waals surface area contributed by atoms with Crippen molar-refractivity contribution in [2.24, 2.45) is 11.1 Å². The van der Waals surface area contributed by atoms with Crippen LogP contribution >= 0.6 is 0 Å². The van der Waals surface area contributed by atoms with Gasteiger partial charge in [0.1, 0.15) is 0 Å². The molecule has 5 nitrogen and oxygen atoms in total. The Labute approximate surface area is 127 Å². The summed E-state index contributed by atoms with van der Waals surface area (Å²) in [5.41, 5.74) is 7.47. The maximum Gasteiger partial charge on any atom is 0.254 e. The van der Waals surface area contributed by atoms with Gasteiger partial charge in [-0.15, -0.1) is 0 Å². The quantitative estimate of drug-likeness (QED) is 0.874. The van der Waals surface area contributed by atoms with Crippen LogP contribution in [0.25, 0.3) is 0 Å². The van der Waals surface area contributed by atoms with Gasteiger partial charge in [-0.1, -0.05) is 20.3 Å². The van der Waals surface area contributed by atoms with E-state index in [1.807, 2.05) is 11.6 Å². The van der Waals surface area contributed by atoms with Crippen LogP contribution in [0.1, 0.15) is 62.0 Å². The molecule has 21 heavy (non-hydrogen) atoms. The molecule has 1 amide bonds. The second-order valence-corrected chi connectivity index (χ2v) is 6.94. The molecule has 1 fully saturated rings. The average Bonchev–Trinajstić information content (AvgIpc) is 2.76. The van der Waals surface area contributed by atoms with Gasteiger partial charge in [0.2, 0.25) is 0 Å². The predicted molar refractivity (Wildman–Crippen MR) is 84.1 cm³/mol. The molecule has 1 aromatic rings. The van der Waals surface area contributed by atoms with Crippen molar-refractivity contribution in [3.63, 3.8) is 0 Å². The molecular weight excluding hydrogens is 264 g/mol. The Kier molecular flexibility index (Phi) is 5.04. The van der Waals surface area contributed by atoms with E-state index in [0.717, 1.165) is 31.5 Å². The van der Waals surface area contributed by atoms with Crippen molar-refractivity contribution in [3.05, 3.63) is 17.5 Å². The third kappa shape index (κ3) is 4.06. The molecule has 1 saturated carbocycles. The molecule has 3 N–H and O–H groups in total. The minimum atomic E-state index is 0.00852. The van der Waals surface area contributed by atoms with Crippen molar-refractivity contribution < 1.29 is 4.79 Å². The van der Waals surface area contributed by atoms with E-state index in [1.54, 1.807) is 6.20 Å². The summed E-state index contributed by atoms with van der Waals surface area (Å²) >= 11 is 0. The van der Waals surface area contributed by atoms with Crippen LogP contribution in [0.3, 0.4) is 0 Å². The smallest absolute Gasteiger partial charge is 0.254 e. The van der Waals surface area contributed by atoms with Crippen molar-refractivity contribution in [1.29, 1.82) is 0 Å². The van der Waals surface area contributed by atoms with Gasteiger partial charge in [-0.2, -0.15) is 5.10 Å². The fourth-order valence-corrected chi connectivity index (χ4v) is 3.22. The number of carbonyl (C=O) groups is 1. The largest absolute Gasteiger partial charge is 0.349 e. The first-order chi connectivity index (χ1) is 9.93. The predicted octanol–water partition coefficient (Wildman–Crippen LogP) is 2.24. The molecule has 0 radical (unpaired) electrons. The molecule has 0 saturated heterocycles. The summed E-state index contributed by atoms with van der Waals surface area (Å²) in [5.74, 6) is 0.00852. The summed E-state index contributed by atoms with van der Waals surface area (Å²) < 4.78 is 1.87. The van der Waals surface area contributed by atoms with Crippen LogP contribution in [0.4, 0.5) is 0 Å². The fraction of sp³-hybridized carbons (Fsp3) is 0.750. The lowest BCUT2D eigenvalue weighted by Gasteiger charge is -2.35. The molecule has 1 aromatic heterocycles. The van der Waals surface area contributed by atoms with Crippen LogP contribution in [-0.2, 0) is 6.54 Å². The minimum Gasteiger partial charge on any atom is -0.349 e. The Morgan fingerprint density at radius 3 is 3.00 bits per heavy atom. The first kappa shape index (κ1) is 16.0. The van der Waals surface area contributed by atoms with Crippen LogP contribution in [0, 0.1) is 12.3 Å². The SMILES string of the molecule is Cc1c(C(=O)NC2CCCC(C)(C)C2)cnn1CCCN. The first-order valence-electron chi connectivity index (χ1n) is 7.96. The number of aryl methyl sites for hydroxylation is 1. The molecule has 2 rings (SSSR count). The number of amides is 1. The number of hydrogen-bond donors (Lipinski definition) is 2. The number of aromatic nitrogens is 2. The van der Waals surface area contributed by atoms with Gasteiger partial charge in [-0.3, -0.25) is 9.48 Å². The summed E-state index contributed by atoms with van der Waals surface area (Å²) in [6, 6.07) is 0.285. The first-order valence-corrected chi connectivity index (χ1v) is 7.96. The maximum absolute atomic E-state index is 12.4. The zero-order chi connectivity index (χ0) is 15.5. The number of nitrogens with two attached hydrogens (primary N) is 1. The van der Waals surface area contributed by atoms with Crippen molar-refractivity contribution in [3.8, 4) is 0 Å². The lowest BCUT2D eigenvalue weighted by Crippen LogP contribution is -2.40. The molecule has 0 aromatic carbocycles. The lowest BCUT2D eigenvalue weighted by atomic mass is 9.75. The fourth-order valence-electron chi connectivity index (χ4n) is 3.22. The molecule has 1 aliphatic carbocycles. The van der Waals surface area contributed by atoms with Crippen LogP contribution in [-0.4, -0.2) is 28.3 Å². The highest BCUT2D eigenvalue weighted by molar-refractivity contribution is 5.95. The van der Waals surface area contributed by atoms with E-state index in [-0.39, 0.29) is 11.9 Å². The summed E-state index contributed by atoms with van der Waals surface area (Å²) in [6.45, 7) is 7.91. The van der Waals surface area contributed by atoms with E-state index in [1.165, 1.54) is 12.8 Å². The maximum atomic E-state index is 12.4. The molecule has 0 aliphatic heterocycles. The molecule has 0 bridgehead atoms. The Bertz CT molecular complexity index is 492. The second kappa shape index (κ2) is 6.60. The number of nitrogens with one attached hydrogen (secondary N) is 1. The van der Waals surface area contributed by atoms with Gasteiger partial charge in [0.05, 0.1) is 11.8 Å². The zero-order valence-corrected chi connectivity index (χ0v) is 13.5. The summed E-state index contributed by atoms with van der Waals surface area (Å²) in [6.07, 6.45) is 7.12. The molecule has 1 aliphatic rings. The Hall–Kier alpha value is -1.36. The molecular formula is C16H28N4O. The Balaban J connectivity index is 1.98. The van der Waals surface area contributed by atoms with Crippen LogP contribution in [0.2, 0.25) is 0 Å². The van der Waals surface area contributed by atoms with Crippen LogP contribution in [0.5, 0.6) is 0 Å². The van der Waals surface area contributed by atoms with Crippen molar-refractivity contribution >= 4 is 5.91 Å². The van der Waals surface area contributed by atoms with E-state index in [0.29, 0.717) is 17.5 Å². The number of carbonyl (C=O) groups excluding carboxylic acids is 1. The van der Waals surface area contributed by atoms with Crippen LogP contribution in [0.15, 0.2) is 6.20 Å². The Morgan fingerprint density at radius 1 is 1.57 bits per heavy atom. The highest BCUT2D eigenvalue weighted by Crippen LogP contribution is 2.35. The van der Waals surface area contributed by atoms with Gasteiger partial charge in [0.25, 0.3) is 5.91 Å².